The van der Waals surface area contributed by atoms with E-state index in [-0.39, 0.29) is 69.0 Å². The minimum Gasteiger partial charge on any atom is -0.490 e. The average molecular weight is 872 g/mol. The maximum atomic E-state index is 14.0. The zero-order valence-corrected chi connectivity index (χ0v) is 38.2. The highest BCUT2D eigenvalue weighted by atomic mass is 16.6. The molecular weight excluding hydrogens is 799 g/mol. The van der Waals surface area contributed by atoms with Crippen LogP contribution in [0.3, 0.4) is 0 Å². The molecule has 1 fully saturated rings. The van der Waals surface area contributed by atoms with Crippen LogP contribution >= 0.6 is 0 Å². The number of carbonyl (C=O) groups is 3. The Bertz CT molecular complexity index is 1660. The van der Waals surface area contributed by atoms with E-state index in [0.29, 0.717) is 33.0 Å². The van der Waals surface area contributed by atoms with Gasteiger partial charge in [0, 0.05) is 59.4 Å². The minimum absolute atomic E-state index is 0.0296. The van der Waals surface area contributed by atoms with Gasteiger partial charge in [0.05, 0.1) is 76.7 Å². The van der Waals surface area contributed by atoms with Crippen LogP contribution in [0, 0.1) is 17.8 Å². The van der Waals surface area contributed by atoms with Crippen LogP contribution in [0.2, 0.25) is 0 Å². The molecular formula is C46H73N5O11. The van der Waals surface area contributed by atoms with Gasteiger partial charge in [0.1, 0.15) is 24.5 Å². The van der Waals surface area contributed by atoms with E-state index in [1.807, 2.05) is 38.1 Å². The van der Waals surface area contributed by atoms with E-state index in [9.17, 15) is 14.4 Å². The third-order valence-corrected chi connectivity index (χ3v) is 11.2. The lowest BCUT2D eigenvalue weighted by atomic mass is 9.83. The highest BCUT2D eigenvalue weighted by molar-refractivity contribution is 5.85. The molecule has 16 heteroatoms. The molecule has 2 heterocycles. The fourth-order valence-corrected chi connectivity index (χ4v) is 7.68. The first kappa shape index (κ1) is 50.8. The molecule has 0 aliphatic carbocycles. The normalized spacial score (nSPS) is 19.7. The Kier molecular flexibility index (Phi) is 21.3. The molecule has 4 rings (SSSR count). The number of hydrogen-bond donors (Lipinski definition) is 3. The SMILES string of the molecule is COCCCN1CCOc2ccc(CO[C@H]3CN(C(=O)[C@@H](N)C(C)C)C[C@@H](OC[C@@H](COC)OC(=O)[C@@H](NC(=O)CN)C(C)C)[C@@H]3c3ccc(COC[C@@H](C)COC)cc3)cc21. The van der Waals surface area contributed by atoms with Gasteiger partial charge in [-0.1, -0.05) is 65.0 Å². The monoisotopic (exact) mass is 872 g/mol. The van der Waals surface area contributed by atoms with Crippen molar-refractivity contribution >= 4 is 23.5 Å². The van der Waals surface area contributed by atoms with Gasteiger partial charge in [-0.05, 0) is 47.1 Å². The molecule has 2 aliphatic heterocycles. The number of likely N-dealkylation sites (tertiary alicyclic amines) is 1. The second-order valence-corrected chi connectivity index (χ2v) is 17.1. The number of anilines is 1. The van der Waals surface area contributed by atoms with E-state index in [2.05, 4.69) is 35.3 Å². The summed E-state index contributed by atoms with van der Waals surface area (Å²) in [5.41, 5.74) is 15.9. The molecule has 62 heavy (non-hydrogen) atoms. The van der Waals surface area contributed by atoms with Gasteiger partial charge in [0.15, 0.2) is 0 Å². The molecule has 2 amide bonds. The molecule has 2 aromatic rings. The number of fused-ring (bicyclic) bond motifs is 1. The molecule has 0 aromatic heterocycles. The lowest BCUT2D eigenvalue weighted by molar-refractivity contribution is -0.166. The van der Waals surface area contributed by atoms with Crippen molar-refractivity contribution in [1.29, 1.82) is 0 Å². The summed E-state index contributed by atoms with van der Waals surface area (Å²) in [6, 6.07) is 12.6. The topological polar surface area (TPSA) is 196 Å². The maximum absolute atomic E-state index is 14.0. The smallest absolute Gasteiger partial charge is 0.329 e. The predicted molar refractivity (Wildman–Crippen MR) is 236 cm³/mol. The summed E-state index contributed by atoms with van der Waals surface area (Å²) in [5, 5.41) is 2.66. The summed E-state index contributed by atoms with van der Waals surface area (Å²) >= 11 is 0. The molecule has 0 saturated carbocycles. The van der Waals surface area contributed by atoms with Crippen molar-refractivity contribution in [2.45, 2.75) is 90.6 Å². The molecule has 0 bridgehead atoms. The van der Waals surface area contributed by atoms with Crippen molar-refractivity contribution in [3.8, 4) is 5.75 Å². The number of hydrogen-bond acceptors (Lipinski definition) is 14. The Morgan fingerprint density at radius 2 is 1.53 bits per heavy atom. The van der Waals surface area contributed by atoms with Crippen molar-refractivity contribution in [2.24, 2.45) is 29.2 Å². The van der Waals surface area contributed by atoms with Gasteiger partial charge < -0.3 is 64.5 Å². The fraction of sp³-hybridized carbons (Fsp3) is 0.674. The lowest BCUT2D eigenvalue weighted by Gasteiger charge is -2.45. The first-order valence-corrected chi connectivity index (χ1v) is 21.9. The van der Waals surface area contributed by atoms with Crippen LogP contribution in [0.15, 0.2) is 42.5 Å². The standard InChI is InChI=1S/C46H73N5O11/c1-30(2)43(48)45(53)51-22-39(60-27-34-12-15-38-37(20-34)50(17-19-59-38)16-9-18-55-6)42(35-13-10-33(11-14-35)26-58-25-32(5)24-56-7)40(23-51)61-29-36(28-57-8)62-46(54)44(31(3)4)49-41(52)21-47/h10-15,20,30-32,36,39-40,42-44H,9,16-19,21-29,47-48H2,1-8H3,(H,49,52)/t32-,36+,39-,40+,42+,43-,44-/m0/s1. The fourth-order valence-electron chi connectivity index (χ4n) is 7.68. The summed E-state index contributed by atoms with van der Waals surface area (Å²) in [5.74, 6) is -0.947. The number of ether oxygens (including phenoxy) is 8. The number of nitrogens with one attached hydrogen (secondary N) is 1. The summed E-state index contributed by atoms with van der Waals surface area (Å²) < 4.78 is 47.6. The van der Waals surface area contributed by atoms with Gasteiger partial charge in [-0.3, -0.25) is 9.59 Å². The summed E-state index contributed by atoms with van der Waals surface area (Å²) in [4.78, 5) is 43.7. The van der Waals surface area contributed by atoms with Gasteiger partial charge in [-0.15, -0.1) is 0 Å². The molecule has 1 saturated heterocycles. The number of nitrogens with zero attached hydrogens (tertiary/aromatic N) is 2. The van der Waals surface area contributed by atoms with Gasteiger partial charge in [-0.25, -0.2) is 4.79 Å². The van der Waals surface area contributed by atoms with Crippen molar-refractivity contribution < 1.29 is 52.3 Å². The van der Waals surface area contributed by atoms with Crippen molar-refractivity contribution in [1.82, 2.24) is 10.2 Å². The summed E-state index contributed by atoms with van der Waals surface area (Å²) in [6.45, 7) is 14.5. The molecule has 0 radical (unpaired) electrons. The van der Waals surface area contributed by atoms with Crippen LogP contribution in [-0.4, -0.2) is 147 Å². The van der Waals surface area contributed by atoms with E-state index in [1.54, 1.807) is 33.0 Å². The molecule has 0 spiro atoms. The number of rotatable bonds is 26. The number of piperidine rings is 1. The molecule has 16 nitrogen and oxygen atoms in total. The van der Waals surface area contributed by atoms with E-state index in [0.717, 1.165) is 47.6 Å². The molecule has 5 N–H and O–H groups in total. The van der Waals surface area contributed by atoms with E-state index in [4.69, 9.17) is 49.4 Å². The van der Waals surface area contributed by atoms with Crippen LogP contribution in [0.5, 0.6) is 5.75 Å². The minimum atomic E-state index is -0.922. The maximum Gasteiger partial charge on any atom is 0.329 e. The zero-order chi connectivity index (χ0) is 45.2. The number of esters is 1. The largest absolute Gasteiger partial charge is 0.490 e. The number of amides is 2. The average Bonchev–Trinajstić information content (AvgIpc) is 3.26. The third kappa shape index (κ3) is 15.1. The molecule has 2 aliphatic rings. The lowest BCUT2D eigenvalue weighted by Crippen LogP contribution is -2.58. The van der Waals surface area contributed by atoms with Crippen LogP contribution in [-0.2, 0) is 60.8 Å². The highest BCUT2D eigenvalue weighted by Gasteiger charge is 2.43. The third-order valence-electron chi connectivity index (χ3n) is 11.2. The van der Waals surface area contributed by atoms with E-state index >= 15 is 0 Å². The Balaban J connectivity index is 1.66. The molecule has 2 aromatic carbocycles. The quantitative estimate of drug-likeness (QED) is 0.0921. The Morgan fingerprint density at radius 1 is 0.839 bits per heavy atom. The van der Waals surface area contributed by atoms with Gasteiger partial charge >= 0.3 is 5.97 Å². The van der Waals surface area contributed by atoms with Gasteiger partial charge in [0.25, 0.3) is 0 Å². The number of carbonyl (C=O) groups excluding carboxylic acids is 3. The number of benzene rings is 2. The highest BCUT2D eigenvalue weighted by Crippen LogP contribution is 2.36. The van der Waals surface area contributed by atoms with Crippen LogP contribution < -0.4 is 26.4 Å². The van der Waals surface area contributed by atoms with Crippen LogP contribution in [0.25, 0.3) is 0 Å². The predicted octanol–water partition coefficient (Wildman–Crippen LogP) is 3.26. The molecule has 7 atom stereocenters. The molecule has 0 unspecified atom stereocenters. The first-order valence-electron chi connectivity index (χ1n) is 21.9. The van der Waals surface area contributed by atoms with Crippen LogP contribution in [0.4, 0.5) is 5.69 Å². The second kappa shape index (κ2) is 26.0. The van der Waals surface area contributed by atoms with Crippen molar-refractivity contribution in [3.05, 3.63) is 59.2 Å². The summed E-state index contributed by atoms with van der Waals surface area (Å²) in [7, 11) is 4.90. The number of nitrogens with two attached hydrogens (primary N) is 2. The molecule has 348 valence electrons. The Hall–Kier alpha value is -3.87. The van der Waals surface area contributed by atoms with Crippen molar-refractivity contribution in [3.63, 3.8) is 0 Å². The summed E-state index contributed by atoms with van der Waals surface area (Å²) in [6.07, 6.45) is -1.09. The number of methoxy groups -OCH3 is 3. The van der Waals surface area contributed by atoms with Gasteiger partial charge in [-0.2, -0.15) is 0 Å². The van der Waals surface area contributed by atoms with Gasteiger partial charge in [0.2, 0.25) is 11.8 Å². The Morgan fingerprint density at radius 3 is 2.18 bits per heavy atom. The van der Waals surface area contributed by atoms with Crippen LogP contribution in [0.1, 0.15) is 63.6 Å². The zero-order valence-electron chi connectivity index (χ0n) is 38.2. The van der Waals surface area contributed by atoms with E-state index in [1.165, 1.54) is 7.11 Å². The van der Waals surface area contributed by atoms with E-state index < -0.39 is 42.3 Å². The second-order valence-electron chi connectivity index (χ2n) is 17.1. The van der Waals surface area contributed by atoms with Crippen molar-refractivity contribution in [2.75, 3.05) is 98.6 Å². The first-order chi connectivity index (χ1) is 29.8. The Labute approximate surface area is 368 Å².